The van der Waals surface area contributed by atoms with Crippen LogP contribution in [0.25, 0.3) is 12.2 Å². The van der Waals surface area contributed by atoms with Crippen LogP contribution in [0.2, 0.25) is 0 Å². The second kappa shape index (κ2) is 9.23. The number of phenolic OH excluding ortho intramolecular Hbond substituents is 2. The fourth-order valence-electron chi connectivity index (χ4n) is 3.07. The smallest absolute Gasteiger partial charge is 0.335 e. The van der Waals surface area contributed by atoms with Crippen LogP contribution in [0, 0.1) is 0 Å². The highest BCUT2D eigenvalue weighted by atomic mass is 16.7. The largest absolute Gasteiger partial charge is 0.508 e. The van der Waals surface area contributed by atoms with E-state index < -0.39 is 36.7 Å². The van der Waals surface area contributed by atoms with Crippen molar-refractivity contribution in [3.63, 3.8) is 0 Å². The molecule has 0 bridgehead atoms. The minimum absolute atomic E-state index is 0.0835. The summed E-state index contributed by atoms with van der Waals surface area (Å²) in [5.74, 6) is -1.40. The Kier molecular flexibility index (Phi) is 6.66. The molecule has 1 aliphatic rings. The van der Waals surface area contributed by atoms with Crippen LogP contribution in [-0.4, -0.2) is 74.4 Å². The molecule has 2 aromatic rings. The minimum Gasteiger partial charge on any atom is -0.508 e. The summed E-state index contributed by atoms with van der Waals surface area (Å²) in [4.78, 5) is 11.3. The van der Waals surface area contributed by atoms with Gasteiger partial charge >= 0.3 is 5.97 Å². The number of benzene rings is 2. The van der Waals surface area contributed by atoms with Crippen LogP contribution < -0.4 is 9.47 Å². The van der Waals surface area contributed by atoms with Crippen LogP contribution in [0.15, 0.2) is 36.4 Å². The van der Waals surface area contributed by atoms with E-state index in [-0.39, 0.29) is 23.0 Å². The molecule has 10 heteroatoms. The normalized spacial score (nSPS) is 26.0. The van der Waals surface area contributed by atoms with Crippen LogP contribution in [0.1, 0.15) is 11.1 Å². The maximum Gasteiger partial charge on any atom is 0.335 e. The number of aliphatic carboxylic acids is 1. The number of carboxylic acids is 1. The first kappa shape index (κ1) is 22.4. The number of aliphatic hydroxyl groups is 3. The molecule has 1 saturated heterocycles. The SMILES string of the molecule is COc1ccc(/C=C/c2cc(O)cc(O)c2)cc1OC1OC(C(=O)O)C(O)C(O)C1O. The van der Waals surface area contributed by atoms with Crippen LogP contribution in [0.5, 0.6) is 23.0 Å². The lowest BCUT2D eigenvalue weighted by atomic mass is 9.99. The Balaban J connectivity index is 1.85. The van der Waals surface area contributed by atoms with Crippen molar-refractivity contribution in [1.82, 2.24) is 0 Å². The number of carboxylic acid groups (broad SMARTS) is 1. The number of methoxy groups -OCH3 is 1. The third-order valence-corrected chi connectivity index (χ3v) is 4.64. The highest BCUT2D eigenvalue weighted by Crippen LogP contribution is 2.33. The predicted molar refractivity (Wildman–Crippen MR) is 107 cm³/mol. The molecule has 0 radical (unpaired) electrons. The van der Waals surface area contributed by atoms with Gasteiger partial charge in [-0.15, -0.1) is 0 Å². The monoisotopic (exact) mass is 434 g/mol. The van der Waals surface area contributed by atoms with E-state index in [0.717, 1.165) is 0 Å². The number of ether oxygens (including phenoxy) is 3. The molecule has 6 N–H and O–H groups in total. The summed E-state index contributed by atoms with van der Waals surface area (Å²) in [6.07, 6.45) is -5.46. The Morgan fingerprint density at radius 1 is 0.903 bits per heavy atom. The molecule has 5 unspecified atom stereocenters. The molecule has 1 aliphatic heterocycles. The van der Waals surface area contributed by atoms with E-state index in [1.54, 1.807) is 24.3 Å². The fraction of sp³-hybridized carbons (Fsp3) is 0.286. The highest BCUT2D eigenvalue weighted by molar-refractivity contribution is 5.73. The molecular weight excluding hydrogens is 412 g/mol. The molecule has 0 spiro atoms. The molecule has 1 fully saturated rings. The lowest BCUT2D eigenvalue weighted by Crippen LogP contribution is -2.61. The van der Waals surface area contributed by atoms with Crippen molar-refractivity contribution in [3.05, 3.63) is 47.5 Å². The Labute approximate surface area is 176 Å². The molecule has 1 heterocycles. The van der Waals surface area contributed by atoms with E-state index in [0.29, 0.717) is 11.1 Å². The van der Waals surface area contributed by atoms with E-state index in [9.17, 15) is 30.3 Å². The van der Waals surface area contributed by atoms with E-state index in [1.807, 2.05) is 0 Å². The Morgan fingerprint density at radius 3 is 2.16 bits per heavy atom. The molecule has 10 nitrogen and oxygen atoms in total. The Morgan fingerprint density at radius 2 is 1.55 bits per heavy atom. The zero-order valence-corrected chi connectivity index (χ0v) is 16.3. The van der Waals surface area contributed by atoms with Crippen molar-refractivity contribution in [2.45, 2.75) is 30.7 Å². The second-order valence-electron chi connectivity index (χ2n) is 6.88. The van der Waals surface area contributed by atoms with E-state index in [4.69, 9.17) is 19.3 Å². The van der Waals surface area contributed by atoms with Gasteiger partial charge in [-0.2, -0.15) is 0 Å². The van der Waals surface area contributed by atoms with Crippen LogP contribution in [0.4, 0.5) is 0 Å². The number of carbonyl (C=O) groups is 1. The van der Waals surface area contributed by atoms with Crippen LogP contribution >= 0.6 is 0 Å². The molecule has 166 valence electrons. The number of hydrogen-bond acceptors (Lipinski definition) is 9. The first-order valence-electron chi connectivity index (χ1n) is 9.18. The van der Waals surface area contributed by atoms with Crippen molar-refractivity contribution >= 4 is 18.1 Å². The van der Waals surface area contributed by atoms with Gasteiger partial charge in [0.15, 0.2) is 17.6 Å². The van der Waals surface area contributed by atoms with E-state index in [1.165, 1.54) is 31.4 Å². The van der Waals surface area contributed by atoms with Gasteiger partial charge in [0.05, 0.1) is 7.11 Å². The van der Waals surface area contributed by atoms with Gasteiger partial charge < -0.3 is 44.8 Å². The van der Waals surface area contributed by atoms with Gasteiger partial charge in [-0.1, -0.05) is 18.2 Å². The molecular formula is C21H22O10. The standard InChI is InChI=1S/C21H22O10/c1-29-14-5-4-10(2-3-11-6-12(22)9-13(23)7-11)8-15(14)30-21-18(26)16(24)17(25)19(31-21)20(27)28/h2-9,16-19,21-26H,1H3,(H,27,28)/b3-2+. The van der Waals surface area contributed by atoms with E-state index >= 15 is 0 Å². The maximum atomic E-state index is 11.3. The van der Waals surface area contributed by atoms with Gasteiger partial charge in [-0.25, -0.2) is 4.79 Å². The van der Waals surface area contributed by atoms with Crippen molar-refractivity contribution in [2.24, 2.45) is 0 Å². The van der Waals surface area contributed by atoms with Crippen molar-refractivity contribution < 1.29 is 49.6 Å². The molecule has 5 atom stereocenters. The lowest BCUT2D eigenvalue weighted by Gasteiger charge is -2.38. The van der Waals surface area contributed by atoms with E-state index in [2.05, 4.69) is 0 Å². The van der Waals surface area contributed by atoms with Gasteiger partial charge in [0.2, 0.25) is 6.29 Å². The second-order valence-corrected chi connectivity index (χ2v) is 6.88. The maximum absolute atomic E-state index is 11.3. The first-order valence-corrected chi connectivity index (χ1v) is 9.18. The molecule has 3 rings (SSSR count). The average molecular weight is 434 g/mol. The van der Waals surface area contributed by atoms with Gasteiger partial charge in [0.1, 0.15) is 29.8 Å². The van der Waals surface area contributed by atoms with Gasteiger partial charge in [0.25, 0.3) is 0 Å². The van der Waals surface area contributed by atoms with Crippen LogP contribution in [0.3, 0.4) is 0 Å². The van der Waals surface area contributed by atoms with Gasteiger partial charge in [0, 0.05) is 6.07 Å². The fourth-order valence-corrected chi connectivity index (χ4v) is 3.07. The quantitative estimate of drug-likeness (QED) is 0.353. The number of phenols is 2. The summed E-state index contributed by atoms with van der Waals surface area (Å²) in [6, 6.07) is 8.85. The zero-order valence-electron chi connectivity index (χ0n) is 16.3. The average Bonchev–Trinajstić information content (AvgIpc) is 2.72. The van der Waals surface area contributed by atoms with Gasteiger partial charge in [-0.05, 0) is 35.4 Å². The summed E-state index contributed by atoms with van der Waals surface area (Å²) < 4.78 is 15.9. The molecule has 0 aromatic heterocycles. The highest BCUT2D eigenvalue weighted by Gasteiger charge is 2.48. The molecule has 0 aliphatic carbocycles. The predicted octanol–water partition coefficient (Wildman–Crippen LogP) is 0.548. The third-order valence-electron chi connectivity index (χ3n) is 4.64. The number of aliphatic hydroxyl groups excluding tert-OH is 3. The Hall–Kier alpha value is -3.31. The summed E-state index contributed by atoms with van der Waals surface area (Å²) in [5.41, 5.74) is 1.13. The van der Waals surface area contributed by atoms with Gasteiger partial charge in [-0.3, -0.25) is 0 Å². The van der Waals surface area contributed by atoms with Crippen LogP contribution in [-0.2, 0) is 9.53 Å². The molecule has 0 saturated carbocycles. The van der Waals surface area contributed by atoms with Crippen molar-refractivity contribution in [3.8, 4) is 23.0 Å². The van der Waals surface area contributed by atoms with Crippen molar-refractivity contribution in [1.29, 1.82) is 0 Å². The third kappa shape index (κ3) is 5.06. The summed E-state index contributed by atoms with van der Waals surface area (Å²) in [6.45, 7) is 0. The molecule has 31 heavy (non-hydrogen) atoms. The lowest BCUT2D eigenvalue weighted by molar-refractivity contribution is -0.271. The topological polar surface area (TPSA) is 166 Å². The number of aromatic hydroxyl groups is 2. The summed E-state index contributed by atoms with van der Waals surface area (Å²) in [5, 5.41) is 58.2. The number of hydrogen-bond donors (Lipinski definition) is 6. The number of rotatable bonds is 6. The van der Waals surface area contributed by atoms with Crippen molar-refractivity contribution in [2.75, 3.05) is 7.11 Å². The Bertz CT molecular complexity index is 952. The molecule has 2 aromatic carbocycles. The summed E-state index contributed by atoms with van der Waals surface area (Å²) >= 11 is 0. The molecule has 0 amide bonds. The minimum atomic E-state index is -1.83. The first-order chi connectivity index (χ1) is 14.7. The zero-order chi connectivity index (χ0) is 22.7. The summed E-state index contributed by atoms with van der Waals surface area (Å²) in [7, 11) is 1.38.